The Kier molecular flexibility index (Phi) is 17.4. The summed E-state index contributed by atoms with van der Waals surface area (Å²) in [5.74, 6) is -4.85. The van der Waals surface area contributed by atoms with E-state index in [-0.39, 0.29) is 69.0 Å². The van der Waals surface area contributed by atoms with E-state index in [9.17, 15) is 49.2 Å². The van der Waals surface area contributed by atoms with Crippen molar-refractivity contribution in [3.05, 3.63) is 69.8 Å². The third kappa shape index (κ3) is 13.2. The van der Waals surface area contributed by atoms with Gasteiger partial charge < -0.3 is 71.6 Å². The van der Waals surface area contributed by atoms with Crippen LogP contribution in [-0.4, -0.2) is 158 Å². The fourth-order valence-electron chi connectivity index (χ4n) is 7.93. The summed E-state index contributed by atoms with van der Waals surface area (Å²) in [6, 6.07) is 5.98. The zero-order chi connectivity index (χ0) is 48.2. The Hall–Kier alpha value is -6.80. The van der Waals surface area contributed by atoms with Crippen LogP contribution in [0.2, 0.25) is 0 Å². The summed E-state index contributed by atoms with van der Waals surface area (Å²) in [6.45, 7) is 1.75. The van der Waals surface area contributed by atoms with Crippen molar-refractivity contribution in [2.75, 3.05) is 68.6 Å². The van der Waals surface area contributed by atoms with Gasteiger partial charge in [-0.3, -0.25) is 28.8 Å². The van der Waals surface area contributed by atoms with E-state index < -0.39 is 58.4 Å². The predicted molar refractivity (Wildman–Crippen MR) is 243 cm³/mol. The molecular formula is C46H62N8O12. The van der Waals surface area contributed by atoms with E-state index in [1.807, 2.05) is 38.0 Å². The van der Waals surface area contributed by atoms with Crippen LogP contribution in [0, 0.1) is 0 Å². The van der Waals surface area contributed by atoms with E-state index in [2.05, 4.69) is 31.9 Å². The quantitative estimate of drug-likeness (QED) is 0.0875. The van der Waals surface area contributed by atoms with E-state index in [1.54, 1.807) is 0 Å². The molecule has 0 unspecified atom stereocenters. The van der Waals surface area contributed by atoms with E-state index in [0.717, 1.165) is 24.3 Å². The number of phenols is 4. The second-order valence-electron chi connectivity index (χ2n) is 17.1. The lowest BCUT2D eigenvalue weighted by Crippen LogP contribution is -2.44. The number of phenolic OH excluding ortho intramolecular Hbond substituents is 4. The molecule has 66 heavy (non-hydrogen) atoms. The number of amides is 6. The molecule has 6 amide bonds. The number of hydrogen-bond donors (Lipinski definition) is 10. The second-order valence-corrected chi connectivity index (χ2v) is 17.1. The zero-order valence-corrected chi connectivity index (χ0v) is 38.2. The standard InChI is InChI=1S/C46H62N8O12/c1-53(2)17-15-47-41(59)29-19-31(37(57)22-35(29)55)43(61)49-25-7-11-27(12-8-25)51-45(63)33-21-34(40(66-6)24-39(33)65-5)46(64)52-28-13-9-26(10-14-28)50-44(62)32-20-30(36(56)23-38(32)58)42(60)48-16-18-54(3)4/h19-28,55-58H,7-18H2,1-6H3,(H,47,59)(H,48,60)(H,49,61)(H,50,62)(H,51,63)(H,52,64)/t25-,26-,27-,28-. The summed E-state index contributed by atoms with van der Waals surface area (Å²) in [7, 11) is 10.2. The molecule has 0 radical (unpaired) electrons. The molecule has 5 rings (SSSR count). The number of carbonyl (C=O) groups is 6. The average Bonchev–Trinajstić information content (AvgIpc) is 3.26. The SMILES string of the molecule is COc1cc(OC)c(C(=O)N[C@H]2CC[C@H](NC(=O)c3cc(C(=O)NCCN(C)C)c(O)cc3O)CC2)cc1C(=O)N[C@H]1CC[C@H](NC(=O)c2cc(C(=O)NCCN(C)C)c(O)cc2O)CC1. The summed E-state index contributed by atoms with van der Waals surface area (Å²) in [4.78, 5) is 83.0. The highest BCUT2D eigenvalue weighted by Gasteiger charge is 2.30. The van der Waals surface area contributed by atoms with Crippen LogP contribution in [0.4, 0.5) is 0 Å². The number of hydrogen-bond acceptors (Lipinski definition) is 14. The monoisotopic (exact) mass is 918 g/mol. The minimum absolute atomic E-state index is 0.112. The molecule has 10 N–H and O–H groups in total. The molecule has 3 aromatic carbocycles. The maximum atomic E-state index is 13.7. The lowest BCUT2D eigenvalue weighted by molar-refractivity contribution is 0.0883. The summed E-state index contributed by atoms with van der Waals surface area (Å²) in [5.41, 5.74) is -0.385. The van der Waals surface area contributed by atoms with Gasteiger partial charge in [0.15, 0.2) is 0 Å². The number of aromatic hydroxyl groups is 4. The molecule has 2 saturated carbocycles. The minimum Gasteiger partial charge on any atom is -0.507 e. The first-order valence-electron chi connectivity index (χ1n) is 21.9. The molecule has 0 atom stereocenters. The maximum Gasteiger partial charge on any atom is 0.255 e. The van der Waals surface area contributed by atoms with Gasteiger partial charge in [-0.15, -0.1) is 0 Å². The molecule has 2 aliphatic carbocycles. The van der Waals surface area contributed by atoms with Crippen LogP contribution in [0.5, 0.6) is 34.5 Å². The molecule has 2 aliphatic rings. The number of rotatable bonds is 18. The van der Waals surface area contributed by atoms with Gasteiger partial charge in [0.25, 0.3) is 35.4 Å². The molecule has 0 spiro atoms. The Balaban J connectivity index is 1.14. The number of carbonyl (C=O) groups excluding carboxylic acids is 6. The van der Waals surface area contributed by atoms with E-state index in [0.29, 0.717) is 77.5 Å². The number of nitrogens with one attached hydrogen (secondary N) is 6. The number of methoxy groups -OCH3 is 2. The van der Waals surface area contributed by atoms with Gasteiger partial charge >= 0.3 is 0 Å². The lowest BCUT2D eigenvalue weighted by atomic mass is 9.90. The molecule has 0 bridgehead atoms. The zero-order valence-electron chi connectivity index (χ0n) is 38.2. The number of nitrogens with zero attached hydrogens (tertiary/aromatic N) is 2. The van der Waals surface area contributed by atoms with Crippen LogP contribution in [0.3, 0.4) is 0 Å². The summed E-state index contributed by atoms with van der Waals surface area (Å²) < 4.78 is 11.0. The van der Waals surface area contributed by atoms with Gasteiger partial charge in [-0.2, -0.15) is 0 Å². The van der Waals surface area contributed by atoms with Crippen molar-refractivity contribution in [3.63, 3.8) is 0 Å². The van der Waals surface area contributed by atoms with Gasteiger partial charge in [-0.05, 0) is 97.8 Å². The molecule has 20 nitrogen and oxygen atoms in total. The Morgan fingerprint density at radius 3 is 0.970 bits per heavy atom. The Labute approximate surface area is 383 Å². The second kappa shape index (κ2) is 22.9. The highest BCUT2D eigenvalue weighted by Crippen LogP contribution is 2.33. The van der Waals surface area contributed by atoms with Gasteiger partial charge in [-0.1, -0.05) is 0 Å². The number of likely N-dealkylation sites (N-methyl/N-ethyl adjacent to an activating group) is 2. The molecule has 0 aliphatic heterocycles. The van der Waals surface area contributed by atoms with Crippen molar-refractivity contribution in [1.82, 2.24) is 41.7 Å². The van der Waals surface area contributed by atoms with Gasteiger partial charge in [0.2, 0.25) is 0 Å². The smallest absolute Gasteiger partial charge is 0.255 e. The van der Waals surface area contributed by atoms with Gasteiger partial charge in [-0.25, -0.2) is 0 Å². The molecule has 358 valence electrons. The van der Waals surface area contributed by atoms with Crippen molar-refractivity contribution in [2.45, 2.75) is 75.5 Å². The fourth-order valence-corrected chi connectivity index (χ4v) is 7.93. The summed E-state index contributed by atoms with van der Waals surface area (Å²) in [5, 5.41) is 58.6. The molecule has 0 saturated heterocycles. The van der Waals surface area contributed by atoms with Crippen LogP contribution in [0.1, 0.15) is 114 Å². The minimum atomic E-state index is -0.615. The first-order valence-corrected chi connectivity index (χ1v) is 21.9. The normalized spacial score (nSPS) is 18.2. The van der Waals surface area contributed by atoms with Crippen molar-refractivity contribution in [2.24, 2.45) is 0 Å². The summed E-state index contributed by atoms with van der Waals surface area (Å²) in [6.07, 6.45) is 3.95. The number of ether oxygens (including phenoxy) is 2. The Morgan fingerprint density at radius 1 is 0.439 bits per heavy atom. The topological polar surface area (TPSA) is 280 Å². The van der Waals surface area contributed by atoms with Crippen molar-refractivity contribution < 1.29 is 58.7 Å². The number of benzene rings is 3. The third-order valence-corrected chi connectivity index (χ3v) is 11.7. The van der Waals surface area contributed by atoms with Gasteiger partial charge in [0, 0.05) is 68.5 Å². The maximum absolute atomic E-state index is 13.7. The average molecular weight is 919 g/mol. The molecule has 0 heterocycles. The van der Waals surface area contributed by atoms with Crippen molar-refractivity contribution in [3.8, 4) is 34.5 Å². The summed E-state index contributed by atoms with van der Waals surface area (Å²) >= 11 is 0. The van der Waals surface area contributed by atoms with Gasteiger partial charge in [0.1, 0.15) is 34.5 Å². The van der Waals surface area contributed by atoms with Crippen LogP contribution in [0.25, 0.3) is 0 Å². The first kappa shape index (κ1) is 50.2. The van der Waals surface area contributed by atoms with Crippen LogP contribution in [0.15, 0.2) is 36.4 Å². The van der Waals surface area contributed by atoms with E-state index in [1.165, 1.54) is 26.4 Å². The van der Waals surface area contributed by atoms with E-state index >= 15 is 0 Å². The third-order valence-electron chi connectivity index (χ3n) is 11.7. The molecule has 0 aromatic heterocycles. The molecule has 3 aromatic rings. The highest BCUT2D eigenvalue weighted by atomic mass is 16.5. The van der Waals surface area contributed by atoms with Crippen molar-refractivity contribution in [1.29, 1.82) is 0 Å². The van der Waals surface area contributed by atoms with Crippen LogP contribution in [-0.2, 0) is 0 Å². The largest absolute Gasteiger partial charge is 0.507 e. The fraction of sp³-hybridized carbons (Fsp3) is 0.478. The van der Waals surface area contributed by atoms with Crippen molar-refractivity contribution >= 4 is 35.4 Å². The molecule has 2 fully saturated rings. The van der Waals surface area contributed by atoms with Crippen LogP contribution < -0.4 is 41.4 Å². The highest BCUT2D eigenvalue weighted by molar-refractivity contribution is 6.05. The first-order chi connectivity index (χ1) is 31.4. The van der Waals surface area contributed by atoms with Gasteiger partial charge in [0.05, 0.1) is 47.6 Å². The molecular weight excluding hydrogens is 857 g/mol. The predicted octanol–water partition coefficient (Wildman–Crippen LogP) is 2.05. The lowest BCUT2D eigenvalue weighted by Gasteiger charge is -2.30. The van der Waals surface area contributed by atoms with Crippen LogP contribution >= 0.6 is 0 Å². The van der Waals surface area contributed by atoms with E-state index in [4.69, 9.17) is 9.47 Å². The Morgan fingerprint density at radius 2 is 0.697 bits per heavy atom. The Bertz CT molecular complexity index is 2120. The molecule has 20 heteroatoms.